The first-order valence-electron chi connectivity index (χ1n) is 6.54. The second-order valence-corrected chi connectivity index (χ2v) is 5.96. The zero-order chi connectivity index (χ0) is 15.3. The van der Waals surface area contributed by atoms with Crippen LogP contribution >= 0.6 is 11.6 Å². The number of anilines is 2. The first-order valence-corrected chi connectivity index (χ1v) is 7.08. The first kappa shape index (κ1) is 16.5. The van der Waals surface area contributed by atoms with E-state index in [0.29, 0.717) is 11.4 Å². The molecule has 2 amide bonds. The number of hydrogen-bond donors (Lipinski definition) is 2. The number of amides is 2. The molecule has 0 aromatic heterocycles. The smallest absolute Gasteiger partial charge is 0.231 e. The maximum absolute atomic E-state index is 12.0. The molecule has 0 atom stereocenters. The van der Waals surface area contributed by atoms with Crippen LogP contribution < -0.4 is 10.6 Å². The Bertz CT molecular complexity index is 481. The van der Waals surface area contributed by atoms with E-state index in [2.05, 4.69) is 10.6 Å². The molecule has 20 heavy (non-hydrogen) atoms. The van der Waals surface area contributed by atoms with Crippen LogP contribution in [0.25, 0.3) is 0 Å². The Morgan fingerprint density at radius 2 is 1.55 bits per heavy atom. The van der Waals surface area contributed by atoms with E-state index in [4.69, 9.17) is 11.6 Å². The highest BCUT2D eigenvalue weighted by Gasteiger charge is 2.26. The van der Waals surface area contributed by atoms with Gasteiger partial charge in [0.2, 0.25) is 11.8 Å². The lowest BCUT2D eigenvalue weighted by Crippen LogP contribution is -2.32. The fraction of sp³-hybridized carbons (Fsp3) is 0.467. The number of carbonyl (C=O) groups is 2. The summed E-state index contributed by atoms with van der Waals surface area (Å²) in [6, 6.07) is 7.00. The molecule has 0 aliphatic rings. The summed E-state index contributed by atoms with van der Waals surface area (Å²) in [5, 5.41) is 5.59. The molecule has 0 saturated heterocycles. The SMILES string of the molecule is CC(C)C(=O)Nc1ccc(NC(=O)C(C)(C)CCl)cc1. The highest BCUT2D eigenvalue weighted by Crippen LogP contribution is 2.21. The van der Waals surface area contributed by atoms with Crippen molar-refractivity contribution in [3.05, 3.63) is 24.3 Å². The summed E-state index contributed by atoms with van der Waals surface area (Å²) in [6.45, 7) is 7.23. The molecule has 1 rings (SSSR count). The van der Waals surface area contributed by atoms with Gasteiger partial charge < -0.3 is 10.6 Å². The minimum Gasteiger partial charge on any atom is -0.326 e. The van der Waals surface area contributed by atoms with Gasteiger partial charge in [-0.15, -0.1) is 11.6 Å². The van der Waals surface area contributed by atoms with Gasteiger partial charge in [-0.3, -0.25) is 9.59 Å². The third-order valence-electron chi connectivity index (χ3n) is 2.88. The Kier molecular flexibility index (Phi) is 5.57. The zero-order valence-electron chi connectivity index (χ0n) is 12.3. The fourth-order valence-electron chi connectivity index (χ4n) is 1.28. The summed E-state index contributed by atoms with van der Waals surface area (Å²) in [5.74, 6) is 0.0110. The van der Waals surface area contributed by atoms with Crippen LogP contribution in [0, 0.1) is 11.3 Å². The van der Waals surface area contributed by atoms with Gasteiger partial charge in [0.1, 0.15) is 0 Å². The summed E-state index contributed by atoms with van der Waals surface area (Å²) in [4.78, 5) is 23.5. The number of rotatable bonds is 5. The van der Waals surface area contributed by atoms with Crippen molar-refractivity contribution in [3.8, 4) is 0 Å². The van der Waals surface area contributed by atoms with E-state index in [9.17, 15) is 9.59 Å². The van der Waals surface area contributed by atoms with E-state index in [-0.39, 0.29) is 23.6 Å². The maximum Gasteiger partial charge on any atom is 0.231 e. The molecule has 2 N–H and O–H groups in total. The zero-order valence-corrected chi connectivity index (χ0v) is 13.0. The molecule has 0 aliphatic heterocycles. The Hall–Kier alpha value is -1.55. The van der Waals surface area contributed by atoms with E-state index in [1.54, 1.807) is 38.1 Å². The predicted molar refractivity (Wildman–Crippen MR) is 83.0 cm³/mol. The maximum atomic E-state index is 12.0. The van der Waals surface area contributed by atoms with Crippen molar-refractivity contribution in [2.75, 3.05) is 16.5 Å². The number of carbonyl (C=O) groups excluding carboxylic acids is 2. The topological polar surface area (TPSA) is 58.2 Å². The summed E-state index contributed by atoms with van der Waals surface area (Å²) in [5.41, 5.74) is 0.764. The Morgan fingerprint density at radius 1 is 1.10 bits per heavy atom. The molecule has 5 heteroatoms. The van der Waals surface area contributed by atoms with Crippen molar-refractivity contribution in [3.63, 3.8) is 0 Å². The van der Waals surface area contributed by atoms with Gasteiger partial charge in [-0.25, -0.2) is 0 Å². The molecule has 110 valence electrons. The van der Waals surface area contributed by atoms with Crippen LogP contribution in [0.15, 0.2) is 24.3 Å². The van der Waals surface area contributed by atoms with E-state index < -0.39 is 5.41 Å². The summed E-state index contributed by atoms with van der Waals surface area (Å²) in [6.07, 6.45) is 0. The molecule has 0 heterocycles. The molecular formula is C15H21ClN2O2. The van der Waals surface area contributed by atoms with Crippen molar-refractivity contribution in [1.82, 2.24) is 0 Å². The van der Waals surface area contributed by atoms with Gasteiger partial charge in [0, 0.05) is 23.2 Å². The Morgan fingerprint density at radius 3 is 1.95 bits per heavy atom. The summed E-state index contributed by atoms with van der Waals surface area (Å²) >= 11 is 5.76. The minimum atomic E-state index is -0.619. The van der Waals surface area contributed by atoms with E-state index in [1.165, 1.54) is 0 Å². The van der Waals surface area contributed by atoms with Gasteiger partial charge in [-0.05, 0) is 38.1 Å². The van der Waals surface area contributed by atoms with Crippen LogP contribution in [-0.4, -0.2) is 17.7 Å². The molecule has 0 spiro atoms. The van der Waals surface area contributed by atoms with E-state index in [1.807, 2.05) is 13.8 Å². The van der Waals surface area contributed by atoms with Gasteiger partial charge in [-0.2, -0.15) is 0 Å². The molecular weight excluding hydrogens is 276 g/mol. The number of halogens is 1. The van der Waals surface area contributed by atoms with Gasteiger partial charge in [0.15, 0.2) is 0 Å². The molecule has 0 saturated carbocycles. The van der Waals surface area contributed by atoms with Crippen LogP contribution in [0.5, 0.6) is 0 Å². The number of hydrogen-bond acceptors (Lipinski definition) is 2. The monoisotopic (exact) mass is 296 g/mol. The van der Waals surface area contributed by atoms with Gasteiger partial charge in [-0.1, -0.05) is 13.8 Å². The second kappa shape index (κ2) is 6.75. The molecule has 0 bridgehead atoms. The van der Waals surface area contributed by atoms with Crippen molar-refractivity contribution in [1.29, 1.82) is 0 Å². The van der Waals surface area contributed by atoms with Crippen molar-refractivity contribution in [2.24, 2.45) is 11.3 Å². The quantitative estimate of drug-likeness (QED) is 0.817. The number of alkyl halides is 1. The second-order valence-electron chi connectivity index (χ2n) is 5.69. The lowest BCUT2D eigenvalue weighted by molar-refractivity contribution is -0.123. The van der Waals surface area contributed by atoms with Crippen LogP contribution in [0.1, 0.15) is 27.7 Å². The molecule has 4 nitrogen and oxygen atoms in total. The Labute approximate surface area is 124 Å². The van der Waals surface area contributed by atoms with Gasteiger partial charge in [0.05, 0.1) is 5.41 Å². The fourth-order valence-corrected chi connectivity index (χ4v) is 1.41. The lowest BCUT2D eigenvalue weighted by atomic mass is 9.95. The summed E-state index contributed by atoms with van der Waals surface area (Å²) in [7, 11) is 0. The molecule has 1 aromatic rings. The lowest BCUT2D eigenvalue weighted by Gasteiger charge is -2.20. The Balaban J connectivity index is 2.68. The molecule has 0 radical (unpaired) electrons. The van der Waals surface area contributed by atoms with E-state index in [0.717, 1.165) is 0 Å². The van der Waals surface area contributed by atoms with Crippen molar-refractivity contribution >= 4 is 34.8 Å². The molecule has 1 aromatic carbocycles. The van der Waals surface area contributed by atoms with Crippen molar-refractivity contribution in [2.45, 2.75) is 27.7 Å². The third-order valence-corrected chi connectivity index (χ3v) is 3.55. The van der Waals surface area contributed by atoms with Crippen LogP contribution in [0.4, 0.5) is 11.4 Å². The minimum absolute atomic E-state index is 0.0370. The molecule has 0 unspecified atom stereocenters. The first-order chi connectivity index (χ1) is 9.26. The van der Waals surface area contributed by atoms with E-state index >= 15 is 0 Å². The highest BCUT2D eigenvalue weighted by molar-refractivity contribution is 6.20. The highest BCUT2D eigenvalue weighted by atomic mass is 35.5. The normalized spacial score (nSPS) is 11.3. The van der Waals surface area contributed by atoms with Gasteiger partial charge >= 0.3 is 0 Å². The van der Waals surface area contributed by atoms with Crippen LogP contribution in [0.2, 0.25) is 0 Å². The predicted octanol–water partition coefficient (Wildman–Crippen LogP) is 3.48. The average molecular weight is 297 g/mol. The van der Waals surface area contributed by atoms with Gasteiger partial charge in [0.25, 0.3) is 0 Å². The molecule has 0 aliphatic carbocycles. The number of benzene rings is 1. The molecule has 0 fully saturated rings. The summed E-state index contributed by atoms with van der Waals surface area (Å²) < 4.78 is 0. The largest absolute Gasteiger partial charge is 0.326 e. The number of nitrogens with one attached hydrogen (secondary N) is 2. The third kappa shape index (κ3) is 4.53. The van der Waals surface area contributed by atoms with Crippen molar-refractivity contribution < 1.29 is 9.59 Å². The van der Waals surface area contributed by atoms with Crippen LogP contribution in [-0.2, 0) is 9.59 Å². The van der Waals surface area contributed by atoms with Crippen LogP contribution in [0.3, 0.4) is 0 Å². The average Bonchev–Trinajstić information content (AvgIpc) is 2.40. The standard InChI is InChI=1S/C15H21ClN2O2/c1-10(2)13(19)17-11-5-7-12(8-6-11)18-14(20)15(3,4)9-16/h5-8,10H,9H2,1-4H3,(H,17,19)(H,18,20).